The lowest BCUT2D eigenvalue weighted by atomic mass is 10.3. The van der Waals surface area contributed by atoms with Gasteiger partial charge in [-0.2, -0.15) is 4.31 Å². The van der Waals surface area contributed by atoms with Crippen molar-refractivity contribution in [3.05, 3.63) is 46.8 Å². The lowest BCUT2D eigenvalue weighted by Gasteiger charge is -2.33. The summed E-state index contributed by atoms with van der Waals surface area (Å²) in [5, 5.41) is 5.16. The second-order valence-electron chi connectivity index (χ2n) is 5.99. The predicted octanol–water partition coefficient (Wildman–Crippen LogP) is 2.74. The number of anilines is 1. The Morgan fingerprint density at radius 1 is 1.15 bits per heavy atom. The Kier molecular flexibility index (Phi) is 6.31. The van der Waals surface area contributed by atoms with Gasteiger partial charge < -0.3 is 10.2 Å². The minimum Gasteiger partial charge on any atom is -0.326 e. The third-order valence-electron chi connectivity index (χ3n) is 4.18. The summed E-state index contributed by atoms with van der Waals surface area (Å²) >= 11 is 7.14. The minimum atomic E-state index is -3.38. The molecule has 0 spiro atoms. The highest BCUT2D eigenvalue weighted by molar-refractivity contribution is 7.91. The van der Waals surface area contributed by atoms with Crippen molar-refractivity contribution < 1.29 is 13.2 Å². The molecule has 0 saturated carbocycles. The number of nitrogens with one attached hydrogen (secondary N) is 1. The zero-order valence-electron chi connectivity index (χ0n) is 14.1. The number of hydrogen-bond acceptors (Lipinski definition) is 5. The third-order valence-corrected chi connectivity index (χ3v) is 7.69. The van der Waals surface area contributed by atoms with Crippen LogP contribution >= 0.6 is 22.9 Å². The van der Waals surface area contributed by atoms with Crippen molar-refractivity contribution in [3.63, 3.8) is 0 Å². The van der Waals surface area contributed by atoms with Gasteiger partial charge in [0.2, 0.25) is 5.91 Å². The van der Waals surface area contributed by atoms with E-state index in [1.807, 2.05) is 0 Å². The normalized spacial score (nSPS) is 16.5. The average molecular weight is 414 g/mol. The molecule has 1 aromatic heterocycles. The van der Waals surface area contributed by atoms with Gasteiger partial charge in [-0.1, -0.05) is 23.7 Å². The second kappa shape index (κ2) is 8.49. The van der Waals surface area contributed by atoms with E-state index in [1.54, 1.807) is 41.8 Å². The van der Waals surface area contributed by atoms with E-state index in [4.69, 9.17) is 11.6 Å². The van der Waals surface area contributed by atoms with Gasteiger partial charge in [0.05, 0.1) is 0 Å². The molecule has 1 aromatic carbocycles. The van der Waals surface area contributed by atoms with Crippen LogP contribution in [0.25, 0.3) is 0 Å². The van der Waals surface area contributed by atoms with Gasteiger partial charge in [0.25, 0.3) is 10.0 Å². The standard InChI is InChI=1S/C17H20ClN3O3S2/c18-14-3-1-4-15(13-14)19-16(22)6-7-20-8-10-21(11-9-20)26(23,24)17-5-2-12-25-17/h1-5,12-13H,6-11H2,(H,19,22). The highest BCUT2D eigenvalue weighted by atomic mass is 35.5. The van der Waals surface area contributed by atoms with Gasteiger partial charge >= 0.3 is 0 Å². The van der Waals surface area contributed by atoms with E-state index in [9.17, 15) is 13.2 Å². The first kappa shape index (κ1) is 19.3. The number of hydrogen-bond donors (Lipinski definition) is 1. The molecule has 6 nitrogen and oxygen atoms in total. The number of benzene rings is 1. The molecule has 0 bridgehead atoms. The summed E-state index contributed by atoms with van der Waals surface area (Å²) in [6, 6.07) is 10.4. The summed E-state index contributed by atoms with van der Waals surface area (Å²) in [6.45, 7) is 2.72. The van der Waals surface area contributed by atoms with Crippen LogP contribution < -0.4 is 5.32 Å². The van der Waals surface area contributed by atoms with Gasteiger partial charge in [-0.3, -0.25) is 4.79 Å². The van der Waals surface area contributed by atoms with E-state index >= 15 is 0 Å². The molecule has 140 valence electrons. The molecule has 0 aliphatic carbocycles. The summed E-state index contributed by atoms with van der Waals surface area (Å²) in [4.78, 5) is 14.2. The van der Waals surface area contributed by atoms with Gasteiger partial charge in [-0.05, 0) is 29.6 Å². The zero-order chi connectivity index (χ0) is 18.6. The van der Waals surface area contributed by atoms with E-state index in [2.05, 4.69) is 10.2 Å². The molecule has 0 unspecified atom stereocenters. The molecular formula is C17H20ClN3O3S2. The summed E-state index contributed by atoms with van der Waals surface area (Å²) < 4.78 is 26.9. The Morgan fingerprint density at radius 3 is 2.58 bits per heavy atom. The first-order chi connectivity index (χ1) is 12.4. The molecule has 9 heteroatoms. The van der Waals surface area contributed by atoms with Crippen LogP contribution in [0.3, 0.4) is 0 Å². The second-order valence-corrected chi connectivity index (χ2v) is 9.54. The maximum Gasteiger partial charge on any atom is 0.252 e. The fourth-order valence-corrected chi connectivity index (χ4v) is 5.54. The maximum absolute atomic E-state index is 12.5. The molecule has 2 heterocycles. The number of rotatable bonds is 6. The highest BCUT2D eigenvalue weighted by Crippen LogP contribution is 2.22. The molecule has 1 aliphatic rings. The van der Waals surface area contributed by atoms with Crippen LogP contribution in [0.4, 0.5) is 5.69 Å². The van der Waals surface area contributed by atoms with Crippen molar-refractivity contribution in [2.75, 3.05) is 38.0 Å². The predicted molar refractivity (Wildman–Crippen MR) is 104 cm³/mol. The summed E-state index contributed by atoms with van der Waals surface area (Å²) in [5.74, 6) is -0.0825. The lowest BCUT2D eigenvalue weighted by Crippen LogP contribution is -2.48. The van der Waals surface area contributed by atoms with Gasteiger partial charge in [0.1, 0.15) is 4.21 Å². The zero-order valence-corrected chi connectivity index (χ0v) is 16.5. The Labute approximate surface area is 162 Å². The number of thiophene rings is 1. The quantitative estimate of drug-likeness (QED) is 0.790. The maximum atomic E-state index is 12.5. The average Bonchev–Trinajstić information content (AvgIpc) is 3.16. The van der Waals surface area contributed by atoms with E-state index in [0.29, 0.717) is 54.1 Å². The van der Waals surface area contributed by atoms with Crippen molar-refractivity contribution in [3.8, 4) is 0 Å². The van der Waals surface area contributed by atoms with Crippen molar-refractivity contribution in [1.29, 1.82) is 0 Å². The molecular weight excluding hydrogens is 394 g/mol. The summed E-state index contributed by atoms with van der Waals surface area (Å²) in [6.07, 6.45) is 0.351. The molecule has 0 atom stereocenters. The van der Waals surface area contributed by atoms with Crippen molar-refractivity contribution in [2.24, 2.45) is 0 Å². The molecule has 1 saturated heterocycles. The first-order valence-electron chi connectivity index (χ1n) is 8.26. The minimum absolute atomic E-state index is 0.0825. The number of sulfonamides is 1. The molecule has 0 radical (unpaired) electrons. The van der Waals surface area contributed by atoms with Gasteiger partial charge in [0, 0.05) is 49.9 Å². The number of nitrogens with zero attached hydrogens (tertiary/aromatic N) is 2. The number of piperazine rings is 1. The van der Waals surface area contributed by atoms with Crippen molar-refractivity contribution in [1.82, 2.24) is 9.21 Å². The van der Waals surface area contributed by atoms with Gasteiger partial charge in [-0.15, -0.1) is 11.3 Å². The van der Waals surface area contributed by atoms with Crippen LogP contribution in [0.15, 0.2) is 46.0 Å². The third kappa shape index (κ3) is 4.83. The van der Waals surface area contributed by atoms with Crippen LogP contribution in [0, 0.1) is 0 Å². The number of carbonyl (C=O) groups is 1. The van der Waals surface area contributed by atoms with Crippen molar-refractivity contribution in [2.45, 2.75) is 10.6 Å². The smallest absolute Gasteiger partial charge is 0.252 e. The molecule has 3 rings (SSSR count). The fraction of sp³-hybridized carbons (Fsp3) is 0.353. The molecule has 1 amide bonds. The van der Waals surface area contributed by atoms with Crippen LogP contribution in [0.1, 0.15) is 6.42 Å². The fourth-order valence-electron chi connectivity index (χ4n) is 2.78. The lowest BCUT2D eigenvalue weighted by molar-refractivity contribution is -0.116. The molecule has 1 aliphatic heterocycles. The van der Waals surface area contributed by atoms with E-state index < -0.39 is 10.0 Å². The van der Waals surface area contributed by atoms with Crippen LogP contribution in [-0.2, 0) is 14.8 Å². The Balaban J connectivity index is 1.45. The first-order valence-corrected chi connectivity index (χ1v) is 11.0. The van der Waals surface area contributed by atoms with Crippen molar-refractivity contribution >= 4 is 44.6 Å². The Bertz CT molecular complexity index is 848. The SMILES string of the molecule is O=C(CCN1CCN(S(=O)(=O)c2cccs2)CC1)Nc1cccc(Cl)c1. The largest absolute Gasteiger partial charge is 0.326 e. The topological polar surface area (TPSA) is 69.7 Å². The van der Waals surface area contributed by atoms with E-state index in [-0.39, 0.29) is 5.91 Å². The molecule has 1 N–H and O–H groups in total. The summed E-state index contributed by atoms with van der Waals surface area (Å²) in [7, 11) is -3.38. The Morgan fingerprint density at radius 2 is 1.92 bits per heavy atom. The van der Waals surface area contributed by atoms with Crippen LogP contribution in [0.5, 0.6) is 0 Å². The Hall–Kier alpha value is -1.45. The van der Waals surface area contributed by atoms with Gasteiger partial charge in [0.15, 0.2) is 0 Å². The van der Waals surface area contributed by atoms with Crippen LogP contribution in [-0.4, -0.2) is 56.3 Å². The van der Waals surface area contributed by atoms with E-state index in [1.165, 1.54) is 15.6 Å². The van der Waals surface area contributed by atoms with E-state index in [0.717, 1.165) is 0 Å². The molecule has 26 heavy (non-hydrogen) atoms. The van der Waals surface area contributed by atoms with Crippen LogP contribution in [0.2, 0.25) is 5.02 Å². The highest BCUT2D eigenvalue weighted by Gasteiger charge is 2.29. The summed E-state index contributed by atoms with van der Waals surface area (Å²) in [5.41, 5.74) is 0.675. The monoisotopic (exact) mass is 413 g/mol. The van der Waals surface area contributed by atoms with Gasteiger partial charge in [-0.25, -0.2) is 8.42 Å². The number of amides is 1. The molecule has 1 fully saturated rings. The number of carbonyl (C=O) groups excluding carboxylic acids is 1. The molecule has 2 aromatic rings. The number of halogens is 1.